The maximum Gasteiger partial charge on any atom is 0.335 e. The van der Waals surface area contributed by atoms with Crippen LogP contribution in [-0.2, 0) is 19.0 Å². The zero-order valence-corrected chi connectivity index (χ0v) is 10.6. The van der Waals surface area contributed by atoms with Crippen LogP contribution < -0.4 is 0 Å². The van der Waals surface area contributed by atoms with E-state index in [0.29, 0.717) is 6.61 Å². The van der Waals surface area contributed by atoms with Crippen molar-refractivity contribution in [2.75, 3.05) is 19.8 Å². The number of carbonyl (C=O) groups is 1. The Labute approximate surface area is 110 Å². The first kappa shape index (κ1) is 16.3. The Bertz CT molecular complexity index is 284. The van der Waals surface area contributed by atoms with Gasteiger partial charge in [-0.3, -0.25) is 0 Å². The van der Waals surface area contributed by atoms with Crippen LogP contribution in [0.1, 0.15) is 13.3 Å². The van der Waals surface area contributed by atoms with E-state index in [-0.39, 0.29) is 13.2 Å². The van der Waals surface area contributed by atoms with Gasteiger partial charge in [0.25, 0.3) is 0 Å². The van der Waals surface area contributed by atoms with Crippen LogP contribution in [0.25, 0.3) is 0 Å². The summed E-state index contributed by atoms with van der Waals surface area (Å²) in [5, 5.41) is 37.4. The number of aliphatic hydroxyl groups excluding tert-OH is 3. The van der Waals surface area contributed by atoms with E-state index in [1.165, 1.54) is 0 Å². The second kappa shape index (κ2) is 7.73. The third-order valence-corrected chi connectivity index (χ3v) is 2.67. The van der Waals surface area contributed by atoms with Crippen LogP contribution in [-0.4, -0.2) is 76.9 Å². The van der Waals surface area contributed by atoms with Gasteiger partial charge in [-0.2, -0.15) is 0 Å². The maximum absolute atomic E-state index is 10.8. The van der Waals surface area contributed by atoms with Crippen molar-refractivity contribution in [3.63, 3.8) is 0 Å². The van der Waals surface area contributed by atoms with E-state index in [1.54, 1.807) is 0 Å². The summed E-state index contributed by atoms with van der Waals surface area (Å²) in [7, 11) is 0. The van der Waals surface area contributed by atoms with Crippen molar-refractivity contribution >= 4 is 5.97 Å². The van der Waals surface area contributed by atoms with Gasteiger partial charge in [0.2, 0.25) is 0 Å². The van der Waals surface area contributed by atoms with E-state index in [9.17, 15) is 20.1 Å². The van der Waals surface area contributed by atoms with Crippen LogP contribution in [0.4, 0.5) is 0 Å². The van der Waals surface area contributed by atoms with Crippen LogP contribution in [0, 0.1) is 0 Å². The quantitative estimate of drug-likeness (QED) is 0.407. The molecule has 0 bridgehead atoms. The van der Waals surface area contributed by atoms with Gasteiger partial charge in [0.05, 0.1) is 13.2 Å². The topological polar surface area (TPSA) is 126 Å². The Morgan fingerprint density at radius 2 is 1.79 bits per heavy atom. The highest BCUT2D eigenvalue weighted by Gasteiger charge is 2.47. The Kier molecular flexibility index (Phi) is 6.63. The zero-order valence-electron chi connectivity index (χ0n) is 10.6. The molecule has 0 spiro atoms. The van der Waals surface area contributed by atoms with Gasteiger partial charge < -0.3 is 34.6 Å². The summed E-state index contributed by atoms with van der Waals surface area (Å²) in [5.41, 5.74) is 0. The van der Waals surface area contributed by atoms with Crippen molar-refractivity contribution in [3.8, 4) is 0 Å². The number of hydrogen-bond donors (Lipinski definition) is 4. The number of carboxylic acid groups (broad SMARTS) is 1. The predicted octanol–water partition coefficient (Wildman–Crippen LogP) is -1.68. The van der Waals surface area contributed by atoms with Crippen molar-refractivity contribution in [2.45, 2.75) is 44.1 Å². The first-order valence-corrected chi connectivity index (χ1v) is 6.10. The minimum absolute atomic E-state index is 0.0802. The van der Waals surface area contributed by atoms with Gasteiger partial charge in [0.15, 0.2) is 12.4 Å². The fraction of sp³-hybridized carbons (Fsp3) is 0.909. The van der Waals surface area contributed by atoms with Gasteiger partial charge in [-0.05, 0) is 6.42 Å². The highest BCUT2D eigenvalue weighted by Crippen LogP contribution is 2.22. The van der Waals surface area contributed by atoms with Crippen LogP contribution >= 0.6 is 0 Å². The number of rotatable bonds is 7. The molecule has 112 valence electrons. The predicted molar refractivity (Wildman–Crippen MR) is 61.4 cm³/mol. The van der Waals surface area contributed by atoms with E-state index >= 15 is 0 Å². The third kappa shape index (κ3) is 4.37. The Morgan fingerprint density at radius 1 is 1.11 bits per heavy atom. The fourth-order valence-corrected chi connectivity index (χ4v) is 1.66. The molecule has 0 aromatic rings. The number of aliphatic hydroxyl groups is 3. The minimum Gasteiger partial charge on any atom is -0.479 e. The Morgan fingerprint density at radius 3 is 2.37 bits per heavy atom. The van der Waals surface area contributed by atoms with Gasteiger partial charge in [-0.1, -0.05) is 6.92 Å². The number of aliphatic carboxylic acids is 1. The molecular weight excluding hydrogens is 260 g/mol. The molecule has 0 aromatic heterocycles. The number of carboxylic acids is 1. The standard InChI is InChI=1S/C11H20O8/c1-2-3-17-4-5-18-11-8(14)6(12)7(13)9(19-11)10(15)16/h6-9,11-14H,2-5H2,1H3,(H,15,16). The van der Waals surface area contributed by atoms with E-state index in [4.69, 9.17) is 19.3 Å². The highest BCUT2D eigenvalue weighted by atomic mass is 16.7. The molecule has 0 amide bonds. The molecule has 1 rings (SSSR count). The minimum atomic E-state index is -1.70. The van der Waals surface area contributed by atoms with Crippen molar-refractivity contribution in [1.29, 1.82) is 0 Å². The highest BCUT2D eigenvalue weighted by molar-refractivity contribution is 5.73. The molecule has 1 aliphatic rings. The van der Waals surface area contributed by atoms with Crippen LogP contribution in [0.2, 0.25) is 0 Å². The average molecular weight is 280 g/mol. The van der Waals surface area contributed by atoms with Gasteiger partial charge in [0, 0.05) is 6.61 Å². The smallest absolute Gasteiger partial charge is 0.335 e. The second-order valence-corrected chi connectivity index (χ2v) is 4.22. The monoisotopic (exact) mass is 280 g/mol. The lowest BCUT2D eigenvalue weighted by atomic mass is 9.99. The van der Waals surface area contributed by atoms with E-state index in [0.717, 1.165) is 6.42 Å². The molecule has 1 heterocycles. The average Bonchev–Trinajstić information content (AvgIpc) is 2.37. The lowest BCUT2D eigenvalue weighted by molar-refractivity contribution is -0.295. The molecule has 19 heavy (non-hydrogen) atoms. The lowest BCUT2D eigenvalue weighted by Gasteiger charge is -2.38. The Hall–Kier alpha value is -0.770. The van der Waals surface area contributed by atoms with Crippen LogP contribution in [0.5, 0.6) is 0 Å². The van der Waals surface area contributed by atoms with Gasteiger partial charge in [-0.25, -0.2) is 4.79 Å². The lowest BCUT2D eigenvalue weighted by Crippen LogP contribution is -2.60. The second-order valence-electron chi connectivity index (χ2n) is 4.22. The molecular formula is C11H20O8. The SMILES string of the molecule is CCCOCCOC1OC(C(=O)O)C(O)C(O)C1O. The molecule has 0 saturated carbocycles. The van der Waals surface area contributed by atoms with Crippen molar-refractivity contribution < 1.29 is 39.4 Å². The van der Waals surface area contributed by atoms with Crippen molar-refractivity contribution in [1.82, 2.24) is 0 Å². The molecule has 0 aliphatic carbocycles. The molecule has 1 aliphatic heterocycles. The van der Waals surface area contributed by atoms with E-state index in [1.807, 2.05) is 6.92 Å². The molecule has 8 nitrogen and oxygen atoms in total. The van der Waals surface area contributed by atoms with Crippen molar-refractivity contribution in [2.24, 2.45) is 0 Å². The fourth-order valence-electron chi connectivity index (χ4n) is 1.66. The molecule has 5 atom stereocenters. The molecule has 4 N–H and O–H groups in total. The molecule has 5 unspecified atom stereocenters. The first-order chi connectivity index (χ1) is 8.99. The van der Waals surface area contributed by atoms with Crippen LogP contribution in [0.3, 0.4) is 0 Å². The Balaban J connectivity index is 2.45. The maximum atomic E-state index is 10.8. The van der Waals surface area contributed by atoms with Crippen molar-refractivity contribution in [3.05, 3.63) is 0 Å². The van der Waals surface area contributed by atoms with Gasteiger partial charge in [-0.15, -0.1) is 0 Å². The molecule has 8 heteroatoms. The molecule has 1 saturated heterocycles. The summed E-state index contributed by atoms with van der Waals surface area (Å²) >= 11 is 0. The normalized spacial score (nSPS) is 35.3. The largest absolute Gasteiger partial charge is 0.479 e. The van der Waals surface area contributed by atoms with Crippen LogP contribution in [0.15, 0.2) is 0 Å². The summed E-state index contributed by atoms with van der Waals surface area (Å²) in [6.07, 6.45) is -6.96. The van der Waals surface area contributed by atoms with E-state index in [2.05, 4.69) is 0 Å². The summed E-state index contributed by atoms with van der Waals surface area (Å²) < 4.78 is 15.2. The first-order valence-electron chi connectivity index (χ1n) is 6.10. The molecule has 0 radical (unpaired) electrons. The van der Waals surface area contributed by atoms with E-state index < -0.39 is 36.7 Å². The number of hydrogen-bond acceptors (Lipinski definition) is 7. The molecule has 0 aromatic carbocycles. The van der Waals surface area contributed by atoms with Gasteiger partial charge >= 0.3 is 5.97 Å². The van der Waals surface area contributed by atoms with Gasteiger partial charge in [0.1, 0.15) is 18.3 Å². The summed E-state index contributed by atoms with van der Waals surface area (Å²) in [6, 6.07) is 0. The molecule has 1 fully saturated rings. The summed E-state index contributed by atoms with van der Waals surface area (Å²) in [6.45, 7) is 2.86. The third-order valence-electron chi connectivity index (χ3n) is 2.67. The summed E-state index contributed by atoms with van der Waals surface area (Å²) in [5.74, 6) is -1.44. The zero-order chi connectivity index (χ0) is 14.4. The number of ether oxygens (including phenoxy) is 3. The summed E-state index contributed by atoms with van der Waals surface area (Å²) in [4.78, 5) is 10.8.